The highest BCUT2D eigenvalue weighted by molar-refractivity contribution is 5.97. The smallest absolute Gasteiger partial charge is 0.326 e. The molecule has 0 bridgehead atoms. The summed E-state index contributed by atoms with van der Waals surface area (Å²) in [6, 6.07) is 1.56. The Morgan fingerprint density at radius 3 is 1.65 bits per heavy atom. The molecule has 0 fully saturated rings. The van der Waals surface area contributed by atoms with Crippen LogP contribution in [0.2, 0.25) is 0 Å². The van der Waals surface area contributed by atoms with Crippen molar-refractivity contribution in [2.75, 3.05) is 0 Å². The van der Waals surface area contributed by atoms with Crippen LogP contribution in [0.25, 0.3) is 0 Å². The van der Waals surface area contributed by atoms with E-state index < -0.39 is 90.0 Å². The molecular weight excluding hydrogens is 622 g/mol. The number of primary amides is 1. The van der Waals surface area contributed by atoms with Gasteiger partial charge in [0.25, 0.3) is 0 Å². The first-order chi connectivity index (χ1) is 22.3. The molecule has 0 aliphatic rings. The number of carboxylic acids is 1. The van der Waals surface area contributed by atoms with Crippen molar-refractivity contribution >= 4 is 41.4 Å². The molecule has 6 amide bonds. The largest absolute Gasteiger partial charge is 0.480 e. The fourth-order valence-electron chi connectivity index (χ4n) is 4.78. The van der Waals surface area contributed by atoms with E-state index in [9.17, 15) is 38.7 Å². The number of carbonyl (C=O) groups excluding carboxylic acids is 6. The highest BCUT2D eigenvalue weighted by Gasteiger charge is 2.33. The molecule has 0 aliphatic carbocycles. The fourth-order valence-corrected chi connectivity index (χ4v) is 4.78. The Kier molecular flexibility index (Phi) is 17.3. The predicted octanol–water partition coefficient (Wildman–Crippen LogP) is -0.291. The zero-order chi connectivity index (χ0) is 36.7. The van der Waals surface area contributed by atoms with E-state index in [2.05, 4.69) is 26.6 Å². The monoisotopic (exact) mass is 675 g/mol. The van der Waals surface area contributed by atoms with Crippen molar-refractivity contribution in [3.63, 3.8) is 0 Å². The number of carboxylic acid groups (broad SMARTS) is 1. The molecule has 0 aliphatic heterocycles. The van der Waals surface area contributed by atoms with E-state index in [1.807, 2.05) is 27.7 Å². The zero-order valence-corrected chi connectivity index (χ0v) is 28.9. The summed E-state index contributed by atoms with van der Waals surface area (Å²) in [5.41, 5.74) is 11.9. The van der Waals surface area contributed by atoms with Gasteiger partial charge in [-0.2, -0.15) is 0 Å². The van der Waals surface area contributed by atoms with E-state index in [0.29, 0.717) is 12.0 Å². The number of hydrogen-bond donors (Lipinski definition) is 8. The number of carbonyl (C=O) groups is 7. The lowest BCUT2D eigenvalue weighted by atomic mass is 9.99. The molecule has 0 saturated heterocycles. The number of nitrogens with one attached hydrogen (secondary N) is 5. The van der Waals surface area contributed by atoms with Crippen molar-refractivity contribution in [2.45, 2.75) is 110 Å². The van der Waals surface area contributed by atoms with Gasteiger partial charge in [-0.1, -0.05) is 71.9 Å². The van der Waals surface area contributed by atoms with Gasteiger partial charge in [0.05, 0.1) is 12.5 Å². The molecule has 6 atom stereocenters. The molecule has 15 heteroatoms. The number of rotatable bonds is 20. The second-order valence-electron chi connectivity index (χ2n) is 13.2. The molecule has 48 heavy (non-hydrogen) atoms. The minimum atomic E-state index is -1.51. The Morgan fingerprint density at radius 1 is 0.646 bits per heavy atom. The molecule has 10 N–H and O–H groups in total. The minimum Gasteiger partial charge on any atom is -0.480 e. The SMILES string of the molecule is CC(C)CC(N)C(=O)NC(C)C(=O)NC(CC(N)=O)C(=O)NC(Cc1ccccc1)C(=O)NC(CC(C)C)C(=O)NC(C(=O)O)C(C)C. The predicted molar refractivity (Wildman–Crippen MR) is 179 cm³/mol. The maximum absolute atomic E-state index is 13.7. The van der Waals surface area contributed by atoms with E-state index in [-0.39, 0.29) is 24.7 Å². The van der Waals surface area contributed by atoms with Crippen molar-refractivity contribution in [1.82, 2.24) is 26.6 Å². The van der Waals surface area contributed by atoms with E-state index in [0.717, 1.165) is 0 Å². The summed E-state index contributed by atoms with van der Waals surface area (Å²) in [7, 11) is 0. The lowest BCUT2D eigenvalue weighted by molar-refractivity contribution is -0.143. The number of hydrogen-bond acceptors (Lipinski definition) is 8. The van der Waals surface area contributed by atoms with Crippen molar-refractivity contribution in [2.24, 2.45) is 29.2 Å². The number of amides is 6. The maximum atomic E-state index is 13.7. The van der Waals surface area contributed by atoms with Crippen LogP contribution in [0.15, 0.2) is 30.3 Å². The Labute approximate surface area is 282 Å². The molecule has 15 nitrogen and oxygen atoms in total. The van der Waals surface area contributed by atoms with Gasteiger partial charge >= 0.3 is 5.97 Å². The van der Waals surface area contributed by atoms with Crippen LogP contribution < -0.4 is 38.1 Å². The Morgan fingerprint density at radius 2 is 1.15 bits per heavy atom. The van der Waals surface area contributed by atoms with Crippen LogP contribution in [-0.4, -0.2) is 82.8 Å². The van der Waals surface area contributed by atoms with Crippen molar-refractivity contribution in [3.05, 3.63) is 35.9 Å². The van der Waals surface area contributed by atoms with Crippen LogP contribution in [0.4, 0.5) is 0 Å². The average molecular weight is 676 g/mol. The first-order valence-corrected chi connectivity index (χ1v) is 16.1. The average Bonchev–Trinajstić information content (AvgIpc) is 2.97. The third-order valence-corrected chi connectivity index (χ3v) is 7.34. The van der Waals surface area contributed by atoms with Gasteiger partial charge < -0.3 is 43.2 Å². The Bertz CT molecular complexity index is 1270. The van der Waals surface area contributed by atoms with Gasteiger partial charge in [-0.3, -0.25) is 28.8 Å². The van der Waals surface area contributed by atoms with E-state index >= 15 is 0 Å². The lowest BCUT2D eigenvalue weighted by Gasteiger charge is -2.27. The van der Waals surface area contributed by atoms with E-state index in [4.69, 9.17) is 11.5 Å². The highest BCUT2D eigenvalue weighted by atomic mass is 16.4. The first kappa shape index (κ1) is 41.5. The molecule has 0 heterocycles. The summed E-state index contributed by atoms with van der Waals surface area (Å²) in [5, 5.41) is 22.1. The Balaban J connectivity index is 3.26. The van der Waals surface area contributed by atoms with Crippen LogP contribution >= 0.6 is 0 Å². The summed E-state index contributed by atoms with van der Waals surface area (Å²) < 4.78 is 0. The van der Waals surface area contributed by atoms with Gasteiger partial charge in [-0.25, -0.2) is 4.79 Å². The topological polar surface area (TPSA) is 252 Å². The third-order valence-electron chi connectivity index (χ3n) is 7.34. The van der Waals surface area contributed by atoms with Crippen LogP contribution in [0.5, 0.6) is 0 Å². The zero-order valence-electron chi connectivity index (χ0n) is 28.9. The molecule has 6 unspecified atom stereocenters. The molecule has 268 valence electrons. The van der Waals surface area contributed by atoms with E-state index in [1.165, 1.54) is 6.92 Å². The summed E-state index contributed by atoms with van der Waals surface area (Å²) in [4.78, 5) is 89.5. The fraction of sp³-hybridized carbons (Fsp3) is 0.606. The number of nitrogens with two attached hydrogens (primary N) is 2. The Hall–Kier alpha value is -4.53. The van der Waals surface area contributed by atoms with Crippen LogP contribution in [0.3, 0.4) is 0 Å². The summed E-state index contributed by atoms with van der Waals surface area (Å²) in [5.74, 6) is -6.25. The molecule has 0 spiro atoms. The van der Waals surface area contributed by atoms with Gasteiger partial charge in [0, 0.05) is 6.42 Å². The lowest BCUT2D eigenvalue weighted by Crippen LogP contribution is -2.60. The number of aliphatic carboxylic acids is 1. The number of benzene rings is 1. The van der Waals surface area contributed by atoms with Gasteiger partial charge in [0.2, 0.25) is 35.4 Å². The molecule has 0 saturated carbocycles. The maximum Gasteiger partial charge on any atom is 0.326 e. The summed E-state index contributed by atoms with van der Waals surface area (Å²) >= 11 is 0. The van der Waals surface area contributed by atoms with Crippen molar-refractivity contribution in [3.8, 4) is 0 Å². The molecule has 1 rings (SSSR count). The van der Waals surface area contributed by atoms with Gasteiger partial charge in [0.1, 0.15) is 30.2 Å². The molecule has 1 aromatic carbocycles. The second-order valence-corrected chi connectivity index (χ2v) is 13.2. The van der Waals surface area contributed by atoms with Crippen LogP contribution in [0.1, 0.15) is 73.3 Å². The van der Waals surface area contributed by atoms with E-state index in [1.54, 1.807) is 44.2 Å². The third kappa shape index (κ3) is 14.9. The molecular formula is C33H53N7O8. The standard InChI is InChI=1S/C33H53N7O8/c1-17(2)13-22(34)29(43)36-20(7)28(42)37-25(16-26(35)41)31(45)39-24(15-21-11-9-8-10-12-21)30(44)38-23(14-18(3)4)32(46)40-27(19(5)6)33(47)48/h8-12,17-20,22-25,27H,13-16,34H2,1-7H3,(H2,35,41)(H,36,43)(H,37,42)(H,38,44)(H,39,45)(H,40,46)(H,47,48). The van der Waals surface area contributed by atoms with Crippen LogP contribution in [-0.2, 0) is 40.0 Å². The molecule has 1 aromatic rings. The van der Waals surface area contributed by atoms with Gasteiger partial charge in [-0.15, -0.1) is 0 Å². The first-order valence-electron chi connectivity index (χ1n) is 16.1. The summed E-state index contributed by atoms with van der Waals surface area (Å²) in [6.07, 6.45) is -0.0986. The van der Waals surface area contributed by atoms with Crippen LogP contribution in [0, 0.1) is 17.8 Å². The van der Waals surface area contributed by atoms with Crippen molar-refractivity contribution in [1.29, 1.82) is 0 Å². The summed E-state index contributed by atoms with van der Waals surface area (Å²) in [6.45, 7) is 12.1. The quantitative estimate of drug-likeness (QED) is 0.0903. The minimum absolute atomic E-state index is 0.0321. The normalized spacial score (nSPS) is 15.0. The second kappa shape index (κ2) is 20.0. The van der Waals surface area contributed by atoms with Gasteiger partial charge in [0.15, 0.2) is 0 Å². The molecule has 0 radical (unpaired) electrons. The highest BCUT2D eigenvalue weighted by Crippen LogP contribution is 2.11. The van der Waals surface area contributed by atoms with Gasteiger partial charge in [-0.05, 0) is 43.1 Å². The molecule has 0 aromatic heterocycles. The van der Waals surface area contributed by atoms with Crippen molar-refractivity contribution < 1.29 is 38.7 Å².